The van der Waals surface area contributed by atoms with Gasteiger partial charge in [0.05, 0.1) is 12.7 Å². The summed E-state index contributed by atoms with van der Waals surface area (Å²) in [4.78, 5) is 12.4. The first-order valence-corrected chi connectivity index (χ1v) is 8.87. The Balaban J connectivity index is 1.79. The lowest BCUT2D eigenvalue weighted by Gasteiger charge is -2.10. The van der Waals surface area contributed by atoms with E-state index in [2.05, 4.69) is 45.1 Å². The van der Waals surface area contributed by atoms with Gasteiger partial charge in [0.25, 0.3) is 0 Å². The molecule has 3 nitrogen and oxygen atoms in total. The van der Waals surface area contributed by atoms with E-state index in [4.69, 9.17) is 4.42 Å². The molecule has 2 aromatic carbocycles. The van der Waals surface area contributed by atoms with Gasteiger partial charge in [-0.1, -0.05) is 32.9 Å². The predicted molar refractivity (Wildman–Crippen MR) is 103 cm³/mol. The van der Waals surface area contributed by atoms with Crippen molar-refractivity contribution in [1.82, 2.24) is 0 Å². The maximum atomic E-state index is 12.4. The average molecular weight is 335 g/mol. The first-order chi connectivity index (χ1) is 12.0. The van der Waals surface area contributed by atoms with Crippen molar-refractivity contribution in [1.29, 1.82) is 0 Å². The summed E-state index contributed by atoms with van der Waals surface area (Å²) >= 11 is 0. The lowest BCUT2D eigenvalue weighted by molar-refractivity contribution is -0.115. The number of fused-ring (bicyclic) bond motifs is 1. The maximum absolute atomic E-state index is 12.4. The fourth-order valence-corrected chi connectivity index (χ4v) is 3.21. The minimum absolute atomic E-state index is 0.0291. The Morgan fingerprint density at radius 2 is 1.88 bits per heavy atom. The van der Waals surface area contributed by atoms with Crippen LogP contribution in [0.15, 0.2) is 47.1 Å². The van der Waals surface area contributed by atoms with Gasteiger partial charge in [0.15, 0.2) is 0 Å². The fraction of sp³-hybridized carbons (Fsp3) is 0.318. The van der Waals surface area contributed by atoms with Crippen molar-refractivity contribution in [3.63, 3.8) is 0 Å². The third-order valence-corrected chi connectivity index (χ3v) is 4.66. The second-order valence-electron chi connectivity index (χ2n) is 6.90. The van der Waals surface area contributed by atoms with Crippen LogP contribution >= 0.6 is 0 Å². The summed E-state index contributed by atoms with van der Waals surface area (Å²) in [5.41, 5.74) is 6.38. The van der Waals surface area contributed by atoms with Crippen molar-refractivity contribution in [2.45, 2.75) is 46.5 Å². The molecule has 0 bridgehead atoms. The molecule has 0 aliphatic heterocycles. The van der Waals surface area contributed by atoms with Crippen molar-refractivity contribution in [3.05, 3.63) is 64.9 Å². The van der Waals surface area contributed by atoms with Gasteiger partial charge in [0.2, 0.25) is 5.91 Å². The van der Waals surface area contributed by atoms with E-state index in [0.29, 0.717) is 12.3 Å². The zero-order valence-corrected chi connectivity index (χ0v) is 15.3. The minimum atomic E-state index is -0.0291. The molecule has 0 fully saturated rings. The quantitative estimate of drug-likeness (QED) is 0.658. The molecule has 0 atom stereocenters. The van der Waals surface area contributed by atoms with Crippen LogP contribution in [0.3, 0.4) is 0 Å². The van der Waals surface area contributed by atoms with Crippen LogP contribution in [-0.4, -0.2) is 5.91 Å². The zero-order valence-electron chi connectivity index (χ0n) is 15.3. The number of rotatable bonds is 5. The Hall–Kier alpha value is -2.55. The molecule has 0 saturated heterocycles. The van der Waals surface area contributed by atoms with Crippen LogP contribution in [0, 0.1) is 6.92 Å². The number of nitrogens with one attached hydrogen (secondary N) is 1. The predicted octanol–water partition coefficient (Wildman–Crippen LogP) is 5.61. The average Bonchev–Trinajstić information content (AvgIpc) is 2.96. The highest BCUT2D eigenvalue weighted by Gasteiger charge is 2.14. The van der Waals surface area contributed by atoms with E-state index >= 15 is 0 Å². The summed E-state index contributed by atoms with van der Waals surface area (Å²) < 4.78 is 5.67. The van der Waals surface area contributed by atoms with Crippen LogP contribution < -0.4 is 5.32 Å². The molecule has 3 rings (SSSR count). The standard InChI is InChI=1S/C22H25NO2/c1-5-16-6-8-18(9-7-16)23-22(24)11-17-13-25-21-10-15(4)19(14(2)3)12-20(17)21/h6-10,12-14H,5,11H2,1-4H3,(H,23,24). The van der Waals surface area contributed by atoms with Gasteiger partial charge in [0.1, 0.15) is 5.58 Å². The highest BCUT2D eigenvalue weighted by molar-refractivity contribution is 5.95. The summed E-state index contributed by atoms with van der Waals surface area (Å²) in [6.45, 7) is 8.58. The van der Waals surface area contributed by atoms with E-state index in [1.54, 1.807) is 6.26 Å². The molecule has 25 heavy (non-hydrogen) atoms. The van der Waals surface area contributed by atoms with Gasteiger partial charge in [-0.25, -0.2) is 0 Å². The lowest BCUT2D eigenvalue weighted by atomic mass is 9.95. The number of hydrogen-bond donors (Lipinski definition) is 1. The van der Waals surface area contributed by atoms with Crippen LogP contribution in [0.2, 0.25) is 0 Å². The number of benzene rings is 2. The molecule has 1 heterocycles. The van der Waals surface area contributed by atoms with Crippen LogP contribution in [0.25, 0.3) is 11.0 Å². The number of amides is 1. The van der Waals surface area contributed by atoms with Crippen LogP contribution in [0.1, 0.15) is 48.9 Å². The van der Waals surface area contributed by atoms with E-state index in [1.807, 2.05) is 24.3 Å². The first-order valence-electron chi connectivity index (χ1n) is 8.87. The van der Waals surface area contributed by atoms with Crippen LogP contribution in [0.5, 0.6) is 0 Å². The van der Waals surface area contributed by atoms with E-state index in [1.165, 1.54) is 16.7 Å². The Morgan fingerprint density at radius 1 is 1.16 bits per heavy atom. The highest BCUT2D eigenvalue weighted by Crippen LogP contribution is 2.29. The zero-order chi connectivity index (χ0) is 18.0. The Kier molecular flexibility index (Phi) is 4.93. The van der Waals surface area contributed by atoms with Crippen molar-refractivity contribution in [2.24, 2.45) is 0 Å². The topological polar surface area (TPSA) is 42.2 Å². The number of hydrogen-bond acceptors (Lipinski definition) is 2. The molecule has 3 aromatic rings. The SMILES string of the molecule is CCc1ccc(NC(=O)Cc2coc3cc(C)c(C(C)C)cc23)cc1. The molecule has 0 radical (unpaired) electrons. The van der Waals surface area contributed by atoms with Crippen molar-refractivity contribution < 1.29 is 9.21 Å². The Labute approximate surface area is 149 Å². The van der Waals surface area contributed by atoms with Gasteiger partial charge in [0, 0.05) is 16.6 Å². The molecule has 0 unspecified atom stereocenters. The van der Waals surface area contributed by atoms with E-state index < -0.39 is 0 Å². The molecule has 0 aliphatic carbocycles. The summed E-state index contributed by atoms with van der Waals surface area (Å²) in [5.74, 6) is 0.414. The van der Waals surface area contributed by atoms with E-state index in [9.17, 15) is 4.79 Å². The number of carbonyl (C=O) groups excluding carboxylic acids is 1. The van der Waals surface area contributed by atoms with Gasteiger partial charge >= 0.3 is 0 Å². The minimum Gasteiger partial charge on any atom is -0.464 e. The molecule has 1 amide bonds. The van der Waals surface area contributed by atoms with E-state index in [0.717, 1.165) is 28.6 Å². The van der Waals surface area contributed by atoms with Gasteiger partial charge in [-0.2, -0.15) is 0 Å². The van der Waals surface area contributed by atoms with Gasteiger partial charge in [-0.15, -0.1) is 0 Å². The van der Waals surface area contributed by atoms with Crippen molar-refractivity contribution >= 4 is 22.6 Å². The molecular weight excluding hydrogens is 310 g/mol. The summed E-state index contributed by atoms with van der Waals surface area (Å²) in [5, 5.41) is 4.00. The molecule has 130 valence electrons. The molecular formula is C22H25NO2. The van der Waals surface area contributed by atoms with Gasteiger partial charge in [-0.3, -0.25) is 4.79 Å². The Morgan fingerprint density at radius 3 is 2.52 bits per heavy atom. The largest absolute Gasteiger partial charge is 0.464 e. The van der Waals surface area contributed by atoms with E-state index in [-0.39, 0.29) is 5.91 Å². The monoisotopic (exact) mass is 335 g/mol. The molecule has 0 aliphatic rings. The number of anilines is 1. The van der Waals surface area contributed by atoms with Crippen LogP contribution in [0.4, 0.5) is 5.69 Å². The second kappa shape index (κ2) is 7.14. The fourth-order valence-electron chi connectivity index (χ4n) is 3.21. The molecule has 0 saturated carbocycles. The molecule has 3 heteroatoms. The van der Waals surface area contributed by atoms with Gasteiger partial charge < -0.3 is 9.73 Å². The molecule has 1 aromatic heterocycles. The maximum Gasteiger partial charge on any atom is 0.228 e. The van der Waals surface area contributed by atoms with Crippen molar-refractivity contribution in [3.8, 4) is 0 Å². The summed E-state index contributed by atoms with van der Waals surface area (Å²) in [6.07, 6.45) is 3.00. The summed E-state index contributed by atoms with van der Waals surface area (Å²) in [6, 6.07) is 12.2. The highest BCUT2D eigenvalue weighted by atomic mass is 16.3. The van der Waals surface area contributed by atoms with Crippen LogP contribution in [-0.2, 0) is 17.6 Å². The Bertz CT molecular complexity index is 888. The summed E-state index contributed by atoms with van der Waals surface area (Å²) in [7, 11) is 0. The lowest BCUT2D eigenvalue weighted by Crippen LogP contribution is -2.14. The first kappa shape index (κ1) is 17.3. The third kappa shape index (κ3) is 3.76. The number of furan rings is 1. The molecule has 1 N–H and O–H groups in total. The second-order valence-corrected chi connectivity index (χ2v) is 6.90. The normalized spacial score (nSPS) is 11.2. The number of carbonyl (C=O) groups is 1. The third-order valence-electron chi connectivity index (χ3n) is 4.66. The number of aryl methyl sites for hydroxylation is 2. The van der Waals surface area contributed by atoms with Gasteiger partial charge in [-0.05, 0) is 60.2 Å². The smallest absolute Gasteiger partial charge is 0.228 e. The molecule has 0 spiro atoms. The van der Waals surface area contributed by atoms with Crippen molar-refractivity contribution in [2.75, 3.05) is 5.32 Å².